The van der Waals surface area contributed by atoms with Gasteiger partial charge >= 0.3 is 0 Å². The van der Waals surface area contributed by atoms with Crippen molar-refractivity contribution >= 4 is 11.6 Å². The van der Waals surface area contributed by atoms with E-state index in [-0.39, 0.29) is 11.9 Å². The van der Waals surface area contributed by atoms with Crippen molar-refractivity contribution in [2.24, 2.45) is 0 Å². The summed E-state index contributed by atoms with van der Waals surface area (Å²) in [6.07, 6.45) is 4.52. The van der Waals surface area contributed by atoms with Crippen LogP contribution in [-0.4, -0.2) is 21.0 Å². The van der Waals surface area contributed by atoms with Crippen molar-refractivity contribution in [3.05, 3.63) is 71.1 Å². The molecule has 0 spiro atoms. The number of aromatic nitrogens is 3. The van der Waals surface area contributed by atoms with Crippen molar-refractivity contribution in [3.63, 3.8) is 0 Å². The molecule has 6 heteroatoms. The largest absolute Gasteiger partial charge is 0.337 e. The van der Waals surface area contributed by atoms with E-state index in [0.717, 1.165) is 35.6 Å². The van der Waals surface area contributed by atoms with Crippen molar-refractivity contribution in [3.8, 4) is 0 Å². The molecule has 130 valence electrons. The summed E-state index contributed by atoms with van der Waals surface area (Å²) in [7, 11) is 0. The molecule has 6 nitrogen and oxygen atoms in total. The molecule has 1 fully saturated rings. The molecule has 1 amide bonds. The van der Waals surface area contributed by atoms with E-state index < -0.39 is 0 Å². The van der Waals surface area contributed by atoms with Crippen LogP contribution in [0.25, 0.3) is 0 Å². The van der Waals surface area contributed by atoms with E-state index >= 15 is 0 Å². The van der Waals surface area contributed by atoms with Gasteiger partial charge in [0.1, 0.15) is 6.04 Å². The molecular formula is C20H18N4O2. The van der Waals surface area contributed by atoms with Crippen LogP contribution in [-0.2, 0) is 6.42 Å². The first-order valence-corrected chi connectivity index (χ1v) is 8.88. The minimum atomic E-state index is -0.277. The summed E-state index contributed by atoms with van der Waals surface area (Å²) in [5.74, 6) is 1.59. The maximum atomic E-state index is 13.3. The first-order chi connectivity index (χ1) is 12.7. The van der Waals surface area contributed by atoms with Gasteiger partial charge in [-0.2, -0.15) is 4.98 Å². The second-order valence-electron chi connectivity index (χ2n) is 6.98. The fourth-order valence-electron chi connectivity index (χ4n) is 3.46. The molecule has 1 saturated carbocycles. The molecule has 3 heterocycles. The number of carbonyl (C=O) groups is 1. The molecule has 2 aliphatic rings. The molecule has 1 aliphatic carbocycles. The summed E-state index contributed by atoms with van der Waals surface area (Å²) in [6, 6.07) is 11.3. The number of hydrogen-bond donors (Lipinski definition) is 0. The third kappa shape index (κ3) is 2.49. The Balaban J connectivity index is 1.55. The lowest BCUT2D eigenvalue weighted by Gasteiger charge is -2.23. The molecule has 0 bridgehead atoms. The standard InChI is InChI=1S/C20H18N4O2/c1-12-6-7-15(11-21-12)20(25)24-16-5-3-2-4-14(16)10-17(24)19-22-18(23-26-19)13-8-9-13/h2-7,11,13,17H,8-10H2,1H3/t17-/m0/s1. The zero-order valence-electron chi connectivity index (χ0n) is 14.4. The van der Waals surface area contributed by atoms with Gasteiger partial charge in [0.05, 0.1) is 5.56 Å². The number of aryl methyl sites for hydroxylation is 1. The molecule has 2 aromatic heterocycles. The summed E-state index contributed by atoms with van der Waals surface area (Å²) in [5.41, 5.74) is 3.44. The minimum Gasteiger partial charge on any atom is -0.337 e. The zero-order chi connectivity index (χ0) is 17.7. The highest BCUT2D eigenvalue weighted by Crippen LogP contribution is 2.43. The number of carbonyl (C=O) groups excluding carboxylic acids is 1. The van der Waals surface area contributed by atoms with E-state index in [1.165, 1.54) is 0 Å². The van der Waals surface area contributed by atoms with Crippen LogP contribution in [0.3, 0.4) is 0 Å². The van der Waals surface area contributed by atoms with Crippen LogP contribution in [0, 0.1) is 6.92 Å². The van der Waals surface area contributed by atoms with E-state index in [1.807, 2.05) is 43.3 Å². The van der Waals surface area contributed by atoms with Gasteiger partial charge in [0.25, 0.3) is 5.91 Å². The number of rotatable bonds is 3. The van der Waals surface area contributed by atoms with Gasteiger partial charge in [0.15, 0.2) is 5.82 Å². The Kier molecular flexibility index (Phi) is 3.38. The normalized spacial score (nSPS) is 18.8. The van der Waals surface area contributed by atoms with E-state index in [2.05, 4.69) is 15.1 Å². The Labute approximate surface area is 150 Å². The maximum absolute atomic E-state index is 13.3. The number of pyridine rings is 1. The molecule has 0 saturated heterocycles. The third-order valence-electron chi connectivity index (χ3n) is 5.04. The smallest absolute Gasteiger partial charge is 0.260 e. The van der Waals surface area contributed by atoms with E-state index in [0.29, 0.717) is 23.8 Å². The van der Waals surface area contributed by atoms with Crippen LogP contribution in [0.15, 0.2) is 47.1 Å². The third-order valence-corrected chi connectivity index (χ3v) is 5.04. The van der Waals surface area contributed by atoms with Crippen LogP contribution < -0.4 is 4.90 Å². The molecular weight excluding hydrogens is 328 g/mol. The van der Waals surface area contributed by atoms with E-state index in [9.17, 15) is 4.79 Å². The average Bonchev–Trinajstić information content (AvgIpc) is 3.27. The number of hydrogen-bond acceptors (Lipinski definition) is 5. The van der Waals surface area contributed by atoms with Gasteiger partial charge < -0.3 is 4.52 Å². The fourth-order valence-corrected chi connectivity index (χ4v) is 3.46. The Morgan fingerprint density at radius 1 is 1.19 bits per heavy atom. The lowest BCUT2D eigenvalue weighted by atomic mass is 10.1. The lowest BCUT2D eigenvalue weighted by molar-refractivity contribution is 0.0974. The van der Waals surface area contributed by atoms with Crippen molar-refractivity contribution in [2.75, 3.05) is 4.90 Å². The molecule has 0 radical (unpaired) electrons. The van der Waals surface area contributed by atoms with Gasteiger partial charge in [0, 0.05) is 29.9 Å². The van der Waals surface area contributed by atoms with Crippen molar-refractivity contribution in [1.29, 1.82) is 0 Å². The quantitative estimate of drug-likeness (QED) is 0.724. The van der Waals surface area contributed by atoms with E-state index in [4.69, 9.17) is 4.52 Å². The van der Waals surface area contributed by atoms with Crippen LogP contribution in [0.1, 0.15) is 58.1 Å². The molecule has 5 rings (SSSR count). The molecule has 1 aromatic carbocycles. The summed E-state index contributed by atoms with van der Waals surface area (Å²) in [5, 5.41) is 4.13. The second-order valence-corrected chi connectivity index (χ2v) is 6.98. The van der Waals surface area contributed by atoms with Gasteiger partial charge in [-0.05, 0) is 43.5 Å². The van der Waals surface area contributed by atoms with Crippen LogP contribution >= 0.6 is 0 Å². The molecule has 0 unspecified atom stereocenters. The van der Waals surface area contributed by atoms with Gasteiger partial charge in [-0.25, -0.2) is 0 Å². The number of fused-ring (bicyclic) bond motifs is 1. The van der Waals surface area contributed by atoms with Crippen LogP contribution in [0.5, 0.6) is 0 Å². The molecule has 1 atom stereocenters. The van der Waals surface area contributed by atoms with Crippen molar-refractivity contribution in [2.45, 2.75) is 38.1 Å². The SMILES string of the molecule is Cc1ccc(C(=O)N2c3ccccc3C[C@H]2c2nc(C3CC3)no2)cn1. The predicted molar refractivity (Wildman–Crippen MR) is 94.9 cm³/mol. The summed E-state index contributed by atoms with van der Waals surface area (Å²) < 4.78 is 5.55. The Hall–Kier alpha value is -3.02. The zero-order valence-corrected chi connectivity index (χ0v) is 14.4. The monoisotopic (exact) mass is 346 g/mol. The first-order valence-electron chi connectivity index (χ1n) is 8.88. The highest BCUT2D eigenvalue weighted by Gasteiger charge is 2.39. The highest BCUT2D eigenvalue weighted by atomic mass is 16.5. The van der Waals surface area contributed by atoms with Gasteiger partial charge in [0.2, 0.25) is 5.89 Å². The number of anilines is 1. The summed E-state index contributed by atoms with van der Waals surface area (Å²) in [4.78, 5) is 23.9. The highest BCUT2D eigenvalue weighted by molar-refractivity contribution is 6.07. The van der Waals surface area contributed by atoms with Crippen LogP contribution in [0.4, 0.5) is 5.69 Å². The Morgan fingerprint density at radius 3 is 2.81 bits per heavy atom. The van der Waals surface area contributed by atoms with Crippen LogP contribution in [0.2, 0.25) is 0 Å². The molecule has 26 heavy (non-hydrogen) atoms. The Morgan fingerprint density at radius 2 is 2.04 bits per heavy atom. The predicted octanol–water partition coefficient (Wildman–Crippen LogP) is 3.59. The van der Waals surface area contributed by atoms with Gasteiger partial charge in [-0.1, -0.05) is 23.4 Å². The number of para-hydroxylation sites is 1. The fraction of sp³-hybridized carbons (Fsp3) is 0.300. The van der Waals surface area contributed by atoms with E-state index in [1.54, 1.807) is 11.1 Å². The average molecular weight is 346 g/mol. The van der Waals surface area contributed by atoms with Crippen molar-refractivity contribution in [1.82, 2.24) is 15.1 Å². The summed E-state index contributed by atoms with van der Waals surface area (Å²) in [6.45, 7) is 1.90. The molecule has 0 N–H and O–H groups in total. The van der Waals surface area contributed by atoms with Crippen molar-refractivity contribution < 1.29 is 9.32 Å². The molecule has 3 aromatic rings. The number of amides is 1. The first kappa shape index (κ1) is 15.3. The topological polar surface area (TPSA) is 72.1 Å². The number of nitrogens with zero attached hydrogens (tertiary/aromatic N) is 4. The second kappa shape index (κ2) is 5.76. The maximum Gasteiger partial charge on any atom is 0.260 e. The minimum absolute atomic E-state index is 0.0985. The molecule has 1 aliphatic heterocycles. The lowest BCUT2D eigenvalue weighted by Crippen LogP contribution is -2.32. The van der Waals surface area contributed by atoms with Gasteiger partial charge in [-0.15, -0.1) is 0 Å². The summed E-state index contributed by atoms with van der Waals surface area (Å²) >= 11 is 0. The Bertz CT molecular complexity index is 975. The van der Waals surface area contributed by atoms with Gasteiger partial charge in [-0.3, -0.25) is 14.7 Å². The number of benzene rings is 1.